The second kappa shape index (κ2) is 6.85. The molecule has 8 heteroatoms. The summed E-state index contributed by atoms with van der Waals surface area (Å²) in [6.07, 6.45) is 7.61. The number of amides is 1. The Morgan fingerprint density at radius 2 is 2.12 bits per heavy atom. The fourth-order valence-corrected chi connectivity index (χ4v) is 5.02. The van der Waals surface area contributed by atoms with Gasteiger partial charge in [0.25, 0.3) is 5.91 Å². The summed E-state index contributed by atoms with van der Waals surface area (Å²) in [6.45, 7) is 0. The van der Waals surface area contributed by atoms with Gasteiger partial charge >= 0.3 is 0 Å². The number of rotatable bonds is 4. The van der Waals surface area contributed by atoms with Gasteiger partial charge in [-0.05, 0) is 18.8 Å². The molecule has 0 spiro atoms. The number of anilines is 1. The molecule has 2 saturated carbocycles. The second-order valence-electron chi connectivity index (χ2n) is 6.68. The van der Waals surface area contributed by atoms with Gasteiger partial charge in [-0.3, -0.25) is 9.69 Å². The summed E-state index contributed by atoms with van der Waals surface area (Å²) in [5.41, 5.74) is -1.92. The maximum Gasteiger partial charge on any atom is 0.266 e. The molecule has 2 fully saturated rings. The van der Waals surface area contributed by atoms with Gasteiger partial charge in [0.1, 0.15) is 5.15 Å². The monoisotopic (exact) mass is 370 g/mol. The summed E-state index contributed by atoms with van der Waals surface area (Å²) in [7, 11) is 1.54. The minimum absolute atomic E-state index is 0.0122. The molecule has 1 aromatic heterocycles. The third-order valence-electron chi connectivity index (χ3n) is 4.96. The Morgan fingerprint density at radius 1 is 1.46 bits per heavy atom. The average Bonchev–Trinajstić information content (AvgIpc) is 2.94. The lowest BCUT2D eigenvalue weighted by atomic mass is 9.76. The molecule has 0 aromatic carbocycles. The van der Waals surface area contributed by atoms with Gasteiger partial charge in [-0.1, -0.05) is 42.2 Å². The van der Waals surface area contributed by atoms with Crippen LogP contribution >= 0.6 is 22.9 Å². The Morgan fingerprint density at radius 3 is 2.75 bits per heavy atom. The average molecular weight is 371 g/mol. The van der Waals surface area contributed by atoms with Crippen molar-refractivity contribution in [3.63, 3.8) is 0 Å². The molecule has 24 heavy (non-hydrogen) atoms. The van der Waals surface area contributed by atoms with Crippen LogP contribution in [0.2, 0.25) is 5.15 Å². The van der Waals surface area contributed by atoms with Crippen molar-refractivity contribution in [2.75, 3.05) is 11.9 Å². The Hall–Kier alpha value is -1.39. The van der Waals surface area contributed by atoms with E-state index in [0.717, 1.165) is 17.7 Å². The number of hydrogen-bond donors (Lipinski definition) is 1. The minimum atomic E-state index is -1.92. The van der Waals surface area contributed by atoms with Crippen LogP contribution in [0.1, 0.15) is 55.7 Å². The van der Waals surface area contributed by atoms with Crippen LogP contribution in [-0.2, 0) is 4.79 Å². The standard InChI is InChI=1S/C16H20ClFN4OS/c1-22(14(23)16(18)7-11(8-16)20-9-19)15-21-13(17)12(24-15)10-5-3-2-4-6-10/h10-11,20H,2-8H2,1H3/t11-,16+. The highest BCUT2D eigenvalue weighted by Gasteiger charge is 2.53. The smallest absolute Gasteiger partial charge is 0.266 e. The minimum Gasteiger partial charge on any atom is -0.321 e. The molecule has 0 radical (unpaired) electrons. The zero-order chi connectivity index (χ0) is 17.3. The van der Waals surface area contributed by atoms with E-state index >= 15 is 0 Å². The molecule has 0 saturated heterocycles. The Bertz CT molecular complexity index is 662. The summed E-state index contributed by atoms with van der Waals surface area (Å²) in [4.78, 5) is 19.0. The summed E-state index contributed by atoms with van der Waals surface area (Å²) in [5, 5.41) is 11.9. The van der Waals surface area contributed by atoms with Crippen molar-refractivity contribution in [1.82, 2.24) is 10.3 Å². The first-order valence-electron chi connectivity index (χ1n) is 8.22. The largest absolute Gasteiger partial charge is 0.321 e. The van der Waals surface area contributed by atoms with E-state index in [-0.39, 0.29) is 18.9 Å². The second-order valence-corrected chi connectivity index (χ2v) is 8.04. The van der Waals surface area contributed by atoms with Gasteiger partial charge < -0.3 is 5.32 Å². The van der Waals surface area contributed by atoms with E-state index in [0.29, 0.717) is 16.2 Å². The number of carbonyl (C=O) groups is 1. The molecule has 0 aliphatic heterocycles. The quantitative estimate of drug-likeness (QED) is 0.647. The number of nitriles is 1. The van der Waals surface area contributed by atoms with Crippen LogP contribution in [0.15, 0.2) is 0 Å². The number of hydrogen-bond acceptors (Lipinski definition) is 5. The van der Waals surface area contributed by atoms with E-state index in [1.807, 2.05) is 0 Å². The van der Waals surface area contributed by atoms with E-state index in [2.05, 4.69) is 10.3 Å². The van der Waals surface area contributed by atoms with Gasteiger partial charge in [-0.15, -0.1) is 0 Å². The first-order valence-corrected chi connectivity index (χ1v) is 9.42. The van der Waals surface area contributed by atoms with Crippen LogP contribution in [0.4, 0.5) is 9.52 Å². The number of halogens is 2. The molecule has 0 bridgehead atoms. The zero-order valence-corrected chi connectivity index (χ0v) is 15.1. The molecule has 5 nitrogen and oxygen atoms in total. The Kier molecular flexibility index (Phi) is 4.97. The molecule has 0 unspecified atom stereocenters. The van der Waals surface area contributed by atoms with Crippen molar-refractivity contribution in [2.45, 2.75) is 62.6 Å². The van der Waals surface area contributed by atoms with Gasteiger partial charge in [-0.25, -0.2) is 9.37 Å². The van der Waals surface area contributed by atoms with Crippen LogP contribution in [0, 0.1) is 11.5 Å². The first-order chi connectivity index (χ1) is 11.4. The third-order valence-corrected chi connectivity index (χ3v) is 6.65. The molecule has 130 valence electrons. The fraction of sp³-hybridized carbons (Fsp3) is 0.688. The lowest BCUT2D eigenvalue weighted by Gasteiger charge is -2.40. The number of carbonyl (C=O) groups excluding carboxylic acids is 1. The van der Waals surface area contributed by atoms with Gasteiger partial charge in [0.2, 0.25) is 0 Å². The highest BCUT2D eigenvalue weighted by Crippen LogP contribution is 2.43. The number of thiazole rings is 1. The van der Waals surface area contributed by atoms with Crippen molar-refractivity contribution in [3.8, 4) is 6.19 Å². The van der Waals surface area contributed by atoms with Gasteiger partial charge in [0.05, 0.1) is 0 Å². The fourth-order valence-electron chi connectivity index (χ4n) is 3.54. The van der Waals surface area contributed by atoms with Crippen LogP contribution in [0.5, 0.6) is 0 Å². The zero-order valence-electron chi connectivity index (χ0n) is 13.5. The highest BCUT2D eigenvalue weighted by atomic mass is 35.5. The van der Waals surface area contributed by atoms with Crippen molar-refractivity contribution in [2.24, 2.45) is 0 Å². The normalized spacial score (nSPS) is 27.2. The summed E-state index contributed by atoms with van der Waals surface area (Å²) in [5.74, 6) is -0.215. The van der Waals surface area contributed by atoms with Crippen LogP contribution in [0.3, 0.4) is 0 Å². The van der Waals surface area contributed by atoms with Gasteiger partial charge in [-0.2, -0.15) is 5.26 Å². The maximum absolute atomic E-state index is 14.7. The highest BCUT2D eigenvalue weighted by molar-refractivity contribution is 7.16. The van der Waals surface area contributed by atoms with Crippen molar-refractivity contribution < 1.29 is 9.18 Å². The number of alkyl halides is 1. The van der Waals surface area contributed by atoms with Crippen LogP contribution < -0.4 is 10.2 Å². The van der Waals surface area contributed by atoms with Gasteiger partial charge in [0, 0.05) is 30.8 Å². The Balaban J connectivity index is 1.70. The van der Waals surface area contributed by atoms with E-state index in [4.69, 9.17) is 16.9 Å². The summed E-state index contributed by atoms with van der Waals surface area (Å²) >= 11 is 7.67. The Labute approximate surface area is 149 Å². The molecule has 1 N–H and O–H groups in total. The number of nitrogens with one attached hydrogen (secondary N) is 1. The van der Waals surface area contributed by atoms with Gasteiger partial charge in [0.15, 0.2) is 17.0 Å². The van der Waals surface area contributed by atoms with Crippen molar-refractivity contribution in [3.05, 3.63) is 10.0 Å². The predicted octanol–water partition coefficient (Wildman–Crippen LogP) is 3.75. The molecular weight excluding hydrogens is 351 g/mol. The van der Waals surface area contributed by atoms with E-state index < -0.39 is 11.6 Å². The summed E-state index contributed by atoms with van der Waals surface area (Å²) in [6, 6.07) is -0.268. The topological polar surface area (TPSA) is 69.0 Å². The molecule has 2 aliphatic carbocycles. The lowest BCUT2D eigenvalue weighted by Crippen LogP contribution is -2.58. The predicted molar refractivity (Wildman–Crippen MR) is 92.0 cm³/mol. The number of aromatic nitrogens is 1. The van der Waals surface area contributed by atoms with E-state index in [9.17, 15) is 9.18 Å². The third kappa shape index (κ3) is 3.22. The SMILES string of the molecule is CN(c1nc(Cl)c(C2CCCCC2)s1)C(=O)[C@]1(F)C[C@@H](NC#N)C1. The molecule has 1 heterocycles. The molecule has 2 aliphatic rings. The number of nitrogens with zero attached hydrogens (tertiary/aromatic N) is 3. The van der Waals surface area contributed by atoms with Crippen LogP contribution in [-0.4, -0.2) is 29.6 Å². The molecule has 0 atom stereocenters. The van der Waals surface area contributed by atoms with E-state index in [1.165, 1.54) is 42.5 Å². The first kappa shape index (κ1) is 17.4. The van der Waals surface area contributed by atoms with Crippen LogP contribution in [0.25, 0.3) is 0 Å². The summed E-state index contributed by atoms with van der Waals surface area (Å²) < 4.78 is 14.7. The van der Waals surface area contributed by atoms with E-state index in [1.54, 1.807) is 6.19 Å². The maximum atomic E-state index is 14.7. The molecule has 3 rings (SSSR count). The van der Waals surface area contributed by atoms with Crippen molar-refractivity contribution in [1.29, 1.82) is 5.26 Å². The van der Waals surface area contributed by atoms with Crippen molar-refractivity contribution >= 4 is 34.0 Å². The molecular formula is C16H20ClFN4OS. The lowest BCUT2D eigenvalue weighted by molar-refractivity contribution is -0.136. The molecule has 1 aromatic rings. The molecule has 1 amide bonds.